The molecule has 1 aromatic rings. The minimum absolute atomic E-state index is 0.942. The molecule has 0 saturated carbocycles. The van der Waals surface area contributed by atoms with E-state index in [2.05, 4.69) is 28.0 Å². The van der Waals surface area contributed by atoms with Crippen LogP contribution in [0.15, 0.2) is 23.5 Å². The molecule has 0 aliphatic rings. The third kappa shape index (κ3) is 10.7. The first kappa shape index (κ1) is 17.0. The summed E-state index contributed by atoms with van der Waals surface area (Å²) in [6.07, 6.45) is 1.81. The predicted molar refractivity (Wildman–Crippen MR) is 70.9 cm³/mol. The number of pyridine rings is 1. The lowest BCUT2D eigenvalue weighted by Gasteiger charge is -1.92. The molecule has 16 heavy (non-hydrogen) atoms. The number of aromatic nitrogens is 1. The Morgan fingerprint density at radius 1 is 1.25 bits per heavy atom. The average molecular weight is 224 g/mol. The lowest BCUT2D eigenvalue weighted by molar-refractivity contribution is 0.213. The summed E-state index contributed by atoms with van der Waals surface area (Å²) in [5.41, 5.74) is 3.32. The molecule has 0 radical (unpaired) electrons. The largest absolute Gasteiger partial charge is 0.399 e. The Hall–Kier alpha value is -1.38. The first-order valence-electron chi connectivity index (χ1n) is 5.50. The van der Waals surface area contributed by atoms with E-state index < -0.39 is 0 Å². The quantitative estimate of drug-likeness (QED) is 0.538. The molecule has 3 nitrogen and oxygen atoms in total. The van der Waals surface area contributed by atoms with Crippen LogP contribution in [-0.2, 0) is 4.84 Å². The van der Waals surface area contributed by atoms with Gasteiger partial charge in [-0.2, -0.15) is 0 Å². The van der Waals surface area contributed by atoms with Crippen molar-refractivity contribution in [3.8, 4) is 0 Å². The molecule has 1 aromatic heterocycles. The zero-order chi connectivity index (χ0) is 13.0. The molecule has 1 heterocycles. The molecule has 0 fully saturated rings. The molecule has 0 aliphatic heterocycles. The van der Waals surface area contributed by atoms with Gasteiger partial charge >= 0.3 is 0 Å². The monoisotopic (exact) mass is 224 g/mol. The third-order valence-electron chi connectivity index (χ3n) is 1.55. The molecule has 0 aromatic carbocycles. The van der Waals surface area contributed by atoms with Crippen molar-refractivity contribution in [2.45, 2.75) is 41.5 Å². The number of oxime groups is 1. The van der Waals surface area contributed by atoms with E-state index in [-0.39, 0.29) is 0 Å². The maximum atomic E-state index is 4.39. The minimum Gasteiger partial charge on any atom is -0.399 e. The highest BCUT2D eigenvalue weighted by Gasteiger charge is 1.85. The molecule has 0 unspecified atom stereocenters. The van der Waals surface area contributed by atoms with Crippen LogP contribution in [-0.4, -0.2) is 17.8 Å². The van der Waals surface area contributed by atoms with Crippen LogP contribution in [0.1, 0.15) is 39.0 Å². The molecule has 0 aliphatic carbocycles. The van der Waals surface area contributed by atoms with E-state index in [0.29, 0.717) is 0 Å². The van der Waals surface area contributed by atoms with Gasteiger partial charge in [0.2, 0.25) is 0 Å². The predicted octanol–water partition coefficient (Wildman–Crippen LogP) is 3.75. The third-order valence-corrected chi connectivity index (χ3v) is 1.55. The van der Waals surface area contributed by atoms with Gasteiger partial charge in [0.05, 0.1) is 5.71 Å². The normalized spacial score (nSPS) is 7.69. The van der Waals surface area contributed by atoms with Crippen molar-refractivity contribution in [2.24, 2.45) is 5.16 Å². The van der Waals surface area contributed by atoms with Crippen LogP contribution >= 0.6 is 0 Å². The van der Waals surface area contributed by atoms with Gasteiger partial charge in [-0.05, 0) is 39.3 Å². The summed E-state index contributed by atoms with van der Waals surface area (Å²) in [5, 5.41) is 3.54. The van der Waals surface area contributed by atoms with E-state index in [1.54, 1.807) is 0 Å². The highest BCUT2D eigenvalue weighted by molar-refractivity contribution is 5.78. The Morgan fingerprint density at radius 2 is 1.81 bits per heavy atom. The van der Waals surface area contributed by atoms with Gasteiger partial charge in [0.15, 0.2) is 0 Å². The number of rotatable bonds is 1. The van der Waals surface area contributed by atoms with E-state index in [9.17, 15) is 0 Å². The highest BCUT2D eigenvalue weighted by atomic mass is 16.6. The van der Waals surface area contributed by atoms with Crippen molar-refractivity contribution in [3.05, 3.63) is 29.6 Å². The van der Waals surface area contributed by atoms with Crippen LogP contribution in [0.25, 0.3) is 0 Å². The molecular formula is C13H24N2O. The maximum Gasteiger partial charge on any atom is 0.106 e. The fourth-order valence-corrected chi connectivity index (χ4v) is 0.747. The second kappa shape index (κ2) is 11.7. The number of hydrogen-bond acceptors (Lipinski definition) is 3. The number of nitrogens with zero attached hydrogens (tertiary/aromatic N) is 2. The Morgan fingerprint density at radius 3 is 2.00 bits per heavy atom. The fraction of sp³-hybridized carbons (Fsp3) is 0.538. The van der Waals surface area contributed by atoms with E-state index >= 15 is 0 Å². The number of aryl methyl sites for hydroxylation is 2. The number of hydrogen-bond donors (Lipinski definition) is 0. The minimum atomic E-state index is 0.942. The fourth-order valence-electron chi connectivity index (χ4n) is 0.747. The molecule has 1 rings (SSSR count). The van der Waals surface area contributed by atoms with E-state index in [4.69, 9.17) is 0 Å². The Bertz CT molecular complexity index is 271. The highest BCUT2D eigenvalue weighted by Crippen LogP contribution is 1.98. The van der Waals surface area contributed by atoms with E-state index in [1.807, 2.05) is 46.9 Å². The summed E-state index contributed by atoms with van der Waals surface area (Å²) in [5.74, 6) is 0. The molecule has 0 bridgehead atoms. The lowest BCUT2D eigenvalue weighted by Crippen LogP contribution is -1.81. The van der Waals surface area contributed by atoms with E-state index in [0.717, 1.165) is 11.4 Å². The van der Waals surface area contributed by atoms with Crippen molar-refractivity contribution in [1.29, 1.82) is 0 Å². The molecule has 3 heteroatoms. The maximum absolute atomic E-state index is 4.39. The SMILES string of the molecule is CC.CON=C(C)C.Cc1cccnc1C. The Balaban J connectivity index is 0. The van der Waals surface area contributed by atoms with Crippen LogP contribution in [0.4, 0.5) is 0 Å². The standard InChI is InChI=1S/C7H9N.C4H9NO.C2H6/c1-6-4-3-5-8-7(6)2;1-4(2)5-6-3;1-2/h3-5H,1-2H3;1-3H3;1-2H3. The van der Waals surface area contributed by atoms with Crippen molar-refractivity contribution < 1.29 is 4.84 Å². The lowest BCUT2D eigenvalue weighted by atomic mass is 10.2. The average Bonchev–Trinajstić information content (AvgIpc) is 2.26. The summed E-state index contributed by atoms with van der Waals surface area (Å²) in [7, 11) is 1.53. The van der Waals surface area contributed by atoms with Crippen molar-refractivity contribution in [1.82, 2.24) is 4.98 Å². The smallest absolute Gasteiger partial charge is 0.106 e. The van der Waals surface area contributed by atoms with Crippen molar-refractivity contribution in [3.63, 3.8) is 0 Å². The van der Waals surface area contributed by atoms with Crippen LogP contribution < -0.4 is 0 Å². The molecule has 0 saturated heterocycles. The summed E-state index contributed by atoms with van der Waals surface area (Å²) in [6, 6.07) is 4.00. The van der Waals surface area contributed by atoms with Crippen LogP contribution in [0.3, 0.4) is 0 Å². The van der Waals surface area contributed by atoms with Gasteiger partial charge in [-0.1, -0.05) is 25.1 Å². The van der Waals surface area contributed by atoms with Gasteiger partial charge in [-0.15, -0.1) is 0 Å². The molecule has 0 atom stereocenters. The Labute approximate surface area is 99.5 Å². The molecule has 0 amide bonds. The summed E-state index contributed by atoms with van der Waals surface area (Å²) >= 11 is 0. The first-order valence-corrected chi connectivity index (χ1v) is 5.50. The topological polar surface area (TPSA) is 34.5 Å². The summed E-state index contributed by atoms with van der Waals surface area (Å²) < 4.78 is 0. The van der Waals surface area contributed by atoms with E-state index in [1.165, 1.54) is 12.7 Å². The second-order valence-corrected chi connectivity index (χ2v) is 3.13. The molecular weight excluding hydrogens is 200 g/mol. The summed E-state index contributed by atoms with van der Waals surface area (Å²) in [4.78, 5) is 8.47. The summed E-state index contributed by atoms with van der Waals surface area (Å²) in [6.45, 7) is 11.8. The van der Waals surface area contributed by atoms with Crippen LogP contribution in [0, 0.1) is 13.8 Å². The van der Waals surface area contributed by atoms with Gasteiger partial charge < -0.3 is 4.84 Å². The Kier molecular flexibility index (Phi) is 12.4. The van der Waals surface area contributed by atoms with Gasteiger partial charge in [-0.3, -0.25) is 4.98 Å². The van der Waals surface area contributed by atoms with Crippen molar-refractivity contribution in [2.75, 3.05) is 7.11 Å². The van der Waals surface area contributed by atoms with Gasteiger partial charge in [0, 0.05) is 11.9 Å². The molecule has 92 valence electrons. The zero-order valence-electron chi connectivity index (χ0n) is 11.5. The van der Waals surface area contributed by atoms with Gasteiger partial charge in [0.1, 0.15) is 7.11 Å². The molecule has 0 N–H and O–H groups in total. The van der Waals surface area contributed by atoms with Crippen LogP contribution in [0.2, 0.25) is 0 Å². The van der Waals surface area contributed by atoms with Gasteiger partial charge in [-0.25, -0.2) is 0 Å². The zero-order valence-corrected chi connectivity index (χ0v) is 11.5. The first-order chi connectivity index (χ1) is 7.57. The van der Waals surface area contributed by atoms with Crippen LogP contribution in [0.5, 0.6) is 0 Å². The molecule has 0 spiro atoms. The van der Waals surface area contributed by atoms with Gasteiger partial charge in [0.25, 0.3) is 0 Å². The second-order valence-electron chi connectivity index (χ2n) is 3.13. The van der Waals surface area contributed by atoms with Crippen molar-refractivity contribution >= 4 is 5.71 Å².